The van der Waals surface area contributed by atoms with E-state index in [1.54, 1.807) is 29.4 Å². The Morgan fingerprint density at radius 3 is 2.89 bits per heavy atom. The summed E-state index contributed by atoms with van der Waals surface area (Å²) >= 11 is 6.43. The Balaban J connectivity index is 1.51. The molecule has 3 aromatic rings. The van der Waals surface area contributed by atoms with E-state index in [2.05, 4.69) is 10.2 Å². The highest BCUT2D eigenvalue weighted by Crippen LogP contribution is 2.34. The lowest BCUT2D eigenvalue weighted by Gasteiger charge is -2.18. The zero-order valence-corrected chi connectivity index (χ0v) is 16.0. The summed E-state index contributed by atoms with van der Waals surface area (Å²) in [7, 11) is 1.43. The average molecular weight is 400 g/mol. The molecule has 7 heteroatoms. The summed E-state index contributed by atoms with van der Waals surface area (Å²) in [6.45, 7) is 0.628. The van der Waals surface area contributed by atoms with Crippen LogP contribution in [0.4, 0.5) is 10.1 Å². The number of anilines is 1. The van der Waals surface area contributed by atoms with Gasteiger partial charge in [-0.2, -0.15) is 5.10 Å². The topological polar surface area (TPSA) is 58.2 Å². The Kier molecular flexibility index (Phi) is 5.05. The van der Waals surface area contributed by atoms with Gasteiger partial charge in [-0.25, -0.2) is 4.39 Å². The van der Waals surface area contributed by atoms with Gasteiger partial charge in [0.2, 0.25) is 5.91 Å². The molecule has 1 N–H and O–H groups in total. The highest BCUT2D eigenvalue weighted by Gasteiger charge is 2.33. The van der Waals surface area contributed by atoms with E-state index >= 15 is 0 Å². The SMILES string of the molecule is COc1cc(CC2CCN(c3ccc(-c4cn[nH]c4)c(Cl)c3)C2=O)ccc1F. The van der Waals surface area contributed by atoms with Crippen LogP contribution in [0.1, 0.15) is 12.0 Å². The van der Waals surface area contributed by atoms with Crippen molar-refractivity contribution in [3.63, 3.8) is 0 Å². The van der Waals surface area contributed by atoms with Crippen LogP contribution in [-0.4, -0.2) is 29.8 Å². The molecule has 1 aliphatic rings. The normalized spacial score (nSPS) is 16.6. The van der Waals surface area contributed by atoms with E-state index in [1.807, 2.05) is 18.2 Å². The van der Waals surface area contributed by atoms with E-state index in [0.717, 1.165) is 28.8 Å². The molecule has 1 fully saturated rings. The predicted molar refractivity (Wildman–Crippen MR) is 106 cm³/mol. The van der Waals surface area contributed by atoms with Gasteiger partial charge in [0.1, 0.15) is 0 Å². The Labute approximate surface area is 167 Å². The van der Waals surface area contributed by atoms with Crippen molar-refractivity contribution in [3.8, 4) is 16.9 Å². The maximum atomic E-state index is 13.6. The first-order valence-electron chi connectivity index (χ1n) is 8.99. The van der Waals surface area contributed by atoms with Crippen molar-refractivity contribution in [3.05, 3.63) is 65.2 Å². The zero-order valence-electron chi connectivity index (χ0n) is 15.3. The van der Waals surface area contributed by atoms with Gasteiger partial charge in [0.15, 0.2) is 11.6 Å². The highest BCUT2D eigenvalue weighted by molar-refractivity contribution is 6.33. The molecule has 5 nitrogen and oxygen atoms in total. The quantitative estimate of drug-likeness (QED) is 0.688. The minimum absolute atomic E-state index is 0.0513. The van der Waals surface area contributed by atoms with Crippen molar-refractivity contribution in [2.45, 2.75) is 12.8 Å². The molecule has 144 valence electrons. The van der Waals surface area contributed by atoms with Gasteiger partial charge in [-0.05, 0) is 42.7 Å². The van der Waals surface area contributed by atoms with Crippen LogP contribution in [0.15, 0.2) is 48.8 Å². The number of hydrogen-bond donors (Lipinski definition) is 1. The van der Waals surface area contributed by atoms with Crippen molar-refractivity contribution in [1.82, 2.24) is 10.2 Å². The summed E-state index contributed by atoms with van der Waals surface area (Å²) in [4.78, 5) is 14.7. The summed E-state index contributed by atoms with van der Waals surface area (Å²) < 4.78 is 18.6. The van der Waals surface area contributed by atoms with Crippen molar-refractivity contribution in [2.75, 3.05) is 18.6 Å². The molecule has 2 aromatic carbocycles. The van der Waals surface area contributed by atoms with Crippen LogP contribution < -0.4 is 9.64 Å². The van der Waals surface area contributed by atoms with Gasteiger partial charge < -0.3 is 9.64 Å². The largest absolute Gasteiger partial charge is 0.494 e. The van der Waals surface area contributed by atoms with Gasteiger partial charge in [0.05, 0.1) is 18.3 Å². The third kappa shape index (κ3) is 3.47. The second-order valence-electron chi connectivity index (χ2n) is 6.80. The number of aromatic nitrogens is 2. The molecule has 0 radical (unpaired) electrons. The lowest BCUT2D eigenvalue weighted by Crippen LogP contribution is -2.27. The van der Waals surface area contributed by atoms with Crippen molar-refractivity contribution < 1.29 is 13.9 Å². The van der Waals surface area contributed by atoms with E-state index in [1.165, 1.54) is 13.2 Å². The Morgan fingerprint density at radius 1 is 1.32 bits per heavy atom. The van der Waals surface area contributed by atoms with Gasteiger partial charge in [-0.15, -0.1) is 0 Å². The number of hydrogen-bond acceptors (Lipinski definition) is 3. The number of benzene rings is 2. The predicted octanol–water partition coefficient (Wildman–Crippen LogP) is 4.47. The smallest absolute Gasteiger partial charge is 0.230 e. The number of nitrogens with one attached hydrogen (secondary N) is 1. The first-order valence-corrected chi connectivity index (χ1v) is 9.37. The lowest BCUT2D eigenvalue weighted by molar-refractivity contribution is -0.120. The first-order chi connectivity index (χ1) is 13.6. The third-order valence-corrected chi connectivity index (χ3v) is 5.40. The second-order valence-corrected chi connectivity index (χ2v) is 7.21. The maximum absolute atomic E-state index is 13.6. The molecule has 28 heavy (non-hydrogen) atoms. The number of methoxy groups -OCH3 is 1. The molecule has 0 bridgehead atoms. The fourth-order valence-corrected chi connectivity index (χ4v) is 3.89. The molecule has 1 aliphatic heterocycles. The summed E-state index contributed by atoms with van der Waals surface area (Å²) in [6, 6.07) is 10.3. The fraction of sp³-hybridized carbons (Fsp3) is 0.238. The van der Waals surface area contributed by atoms with Gasteiger partial charge in [-0.3, -0.25) is 9.89 Å². The third-order valence-electron chi connectivity index (χ3n) is 5.09. The van der Waals surface area contributed by atoms with E-state index in [4.69, 9.17) is 16.3 Å². The standard InChI is InChI=1S/C21H19ClFN3O2/c1-28-20-9-13(2-5-19(20)23)8-14-6-7-26(21(14)27)16-3-4-17(18(22)10-16)15-11-24-25-12-15/h2-5,9-12,14H,6-8H2,1H3,(H,24,25). The molecular formula is C21H19ClFN3O2. The molecule has 1 amide bonds. The molecule has 1 aromatic heterocycles. The van der Waals surface area contributed by atoms with Crippen molar-refractivity contribution in [2.24, 2.45) is 5.92 Å². The van der Waals surface area contributed by atoms with E-state index in [9.17, 15) is 9.18 Å². The number of carbonyl (C=O) groups excluding carboxylic acids is 1. The minimum atomic E-state index is -0.405. The molecule has 1 unspecified atom stereocenters. The summed E-state index contributed by atoms with van der Waals surface area (Å²) in [6.07, 6.45) is 4.76. The van der Waals surface area contributed by atoms with Gasteiger partial charge in [-0.1, -0.05) is 23.7 Å². The monoisotopic (exact) mass is 399 g/mol. The van der Waals surface area contributed by atoms with Crippen molar-refractivity contribution >= 4 is 23.2 Å². The number of aromatic amines is 1. The number of ether oxygens (including phenoxy) is 1. The Morgan fingerprint density at radius 2 is 2.18 bits per heavy atom. The van der Waals surface area contributed by atoms with Crippen LogP contribution in [0.3, 0.4) is 0 Å². The van der Waals surface area contributed by atoms with Crippen LogP contribution in [0.25, 0.3) is 11.1 Å². The fourth-order valence-electron chi connectivity index (χ4n) is 3.60. The highest BCUT2D eigenvalue weighted by atomic mass is 35.5. The molecule has 4 rings (SSSR count). The Bertz CT molecular complexity index is 1010. The number of amides is 1. The maximum Gasteiger partial charge on any atom is 0.230 e. The zero-order chi connectivity index (χ0) is 19.7. The number of carbonyl (C=O) groups is 1. The van der Waals surface area contributed by atoms with E-state index < -0.39 is 5.82 Å². The van der Waals surface area contributed by atoms with Crippen molar-refractivity contribution in [1.29, 1.82) is 0 Å². The van der Waals surface area contributed by atoms with E-state index in [0.29, 0.717) is 18.0 Å². The van der Waals surface area contributed by atoms with Gasteiger partial charge >= 0.3 is 0 Å². The van der Waals surface area contributed by atoms with Crippen LogP contribution in [-0.2, 0) is 11.2 Å². The van der Waals surface area contributed by atoms with Gasteiger partial charge in [0.25, 0.3) is 0 Å². The van der Waals surface area contributed by atoms with Crippen LogP contribution in [0.2, 0.25) is 5.02 Å². The van der Waals surface area contributed by atoms with E-state index in [-0.39, 0.29) is 17.6 Å². The molecule has 1 saturated heterocycles. The molecule has 0 aliphatic carbocycles. The van der Waals surface area contributed by atoms with Gasteiger partial charge in [0, 0.05) is 35.5 Å². The number of H-pyrrole nitrogens is 1. The summed E-state index contributed by atoms with van der Waals surface area (Å²) in [5.74, 6) is -0.308. The first kappa shape index (κ1) is 18.5. The minimum Gasteiger partial charge on any atom is -0.494 e. The summed E-state index contributed by atoms with van der Waals surface area (Å²) in [5.41, 5.74) is 3.42. The molecule has 2 heterocycles. The average Bonchev–Trinajstić information content (AvgIpc) is 3.34. The molecule has 1 atom stereocenters. The number of nitrogens with zero attached hydrogens (tertiary/aromatic N) is 2. The van der Waals surface area contributed by atoms with Crippen LogP contribution in [0.5, 0.6) is 5.75 Å². The number of halogens is 2. The Hall–Kier alpha value is -2.86. The molecular weight excluding hydrogens is 381 g/mol. The lowest BCUT2D eigenvalue weighted by atomic mass is 9.98. The second kappa shape index (κ2) is 7.64. The van der Waals surface area contributed by atoms with Crippen LogP contribution in [0, 0.1) is 11.7 Å². The molecule has 0 spiro atoms. The van der Waals surface area contributed by atoms with Crippen LogP contribution >= 0.6 is 11.6 Å². The number of rotatable bonds is 5. The molecule has 0 saturated carbocycles. The summed E-state index contributed by atoms with van der Waals surface area (Å²) in [5, 5.41) is 7.27.